The summed E-state index contributed by atoms with van der Waals surface area (Å²) in [7, 11) is 0. The van der Waals surface area contributed by atoms with Crippen molar-refractivity contribution >= 4 is 11.8 Å². The van der Waals surface area contributed by atoms with Crippen LogP contribution in [0.3, 0.4) is 0 Å². The molecule has 22 heavy (non-hydrogen) atoms. The van der Waals surface area contributed by atoms with Crippen molar-refractivity contribution in [1.82, 2.24) is 0 Å². The van der Waals surface area contributed by atoms with Crippen LogP contribution >= 0.6 is 0 Å². The van der Waals surface area contributed by atoms with E-state index in [4.69, 9.17) is 0 Å². The first-order valence-electron chi connectivity index (χ1n) is 5.15. The van der Waals surface area contributed by atoms with E-state index in [1.165, 1.54) is 0 Å². The molecule has 4 N–H and O–H groups in total. The van der Waals surface area contributed by atoms with Gasteiger partial charge < -0.3 is 11.5 Å². The summed E-state index contributed by atoms with van der Waals surface area (Å²) in [5.74, 6) is -9.29. The highest BCUT2D eigenvalue weighted by Gasteiger charge is 2.71. The summed E-state index contributed by atoms with van der Waals surface area (Å²) < 4.78 is 105. The Kier molecular flexibility index (Phi) is 3.81. The second-order valence-electron chi connectivity index (χ2n) is 4.28. The zero-order chi connectivity index (χ0) is 17.7. The molecule has 0 aromatic carbocycles. The van der Waals surface area contributed by atoms with Crippen LogP contribution in [0.5, 0.6) is 0 Å². The number of nitrogens with two attached hydrogens (primary N) is 2. The van der Waals surface area contributed by atoms with Crippen LogP contribution in [0, 0.1) is 5.41 Å². The minimum Gasteiger partial charge on any atom is -0.366 e. The van der Waals surface area contributed by atoms with E-state index < -0.39 is 58.8 Å². The second-order valence-corrected chi connectivity index (χ2v) is 4.28. The Hall–Kier alpha value is -2.14. The Bertz CT molecular complexity index is 535. The van der Waals surface area contributed by atoms with Crippen LogP contribution in [0.1, 0.15) is 0 Å². The van der Waals surface area contributed by atoms with Gasteiger partial charge in [0.2, 0.25) is 0 Å². The first-order valence-corrected chi connectivity index (χ1v) is 5.15. The highest BCUT2D eigenvalue weighted by Crippen LogP contribution is 2.57. The summed E-state index contributed by atoms with van der Waals surface area (Å²) in [6.07, 6.45) is -14.4. The normalized spacial score (nSPS) is 20.9. The SMILES string of the molecule is NC(=O)C1=CC(C(F)(F)F)(C(F)(F)F)C=C(C(N)=O)C1(F)F. The van der Waals surface area contributed by atoms with Gasteiger partial charge in [-0.3, -0.25) is 9.59 Å². The van der Waals surface area contributed by atoms with Crippen molar-refractivity contribution < 1.29 is 44.7 Å². The predicted molar refractivity (Wildman–Crippen MR) is 54.0 cm³/mol. The Balaban J connectivity index is 3.90. The molecule has 1 aliphatic carbocycles. The molecule has 2 amide bonds. The Labute approximate surface area is 116 Å². The predicted octanol–water partition coefficient (Wildman–Crippen LogP) is 1.57. The fourth-order valence-electron chi connectivity index (χ4n) is 1.76. The minimum absolute atomic E-state index is 1.04. The number of allylic oxidation sites excluding steroid dienone is 2. The number of carbonyl (C=O) groups is 2. The number of carbonyl (C=O) groups excluding carboxylic acids is 2. The van der Waals surface area contributed by atoms with E-state index in [9.17, 15) is 44.7 Å². The standard InChI is InChI=1S/C10H6F8N2O2/c11-8(12)3(5(19)21)1-7(9(13,14)15,10(16,17)18)2-4(8)6(20)22/h1-2H,(H2,19,21)(H2,20,22). The van der Waals surface area contributed by atoms with Gasteiger partial charge in [0.15, 0.2) is 5.41 Å². The van der Waals surface area contributed by atoms with Crippen molar-refractivity contribution in [2.75, 3.05) is 0 Å². The number of amides is 2. The van der Waals surface area contributed by atoms with E-state index in [1.807, 2.05) is 0 Å². The second kappa shape index (κ2) is 4.68. The topological polar surface area (TPSA) is 86.2 Å². The quantitative estimate of drug-likeness (QED) is 0.749. The smallest absolute Gasteiger partial charge is 0.366 e. The van der Waals surface area contributed by atoms with Gasteiger partial charge in [-0.2, -0.15) is 35.1 Å². The van der Waals surface area contributed by atoms with E-state index in [1.54, 1.807) is 0 Å². The summed E-state index contributed by atoms with van der Waals surface area (Å²) in [5, 5.41) is 0. The number of hydrogen-bond donors (Lipinski definition) is 2. The number of hydrogen-bond acceptors (Lipinski definition) is 2. The molecule has 0 radical (unpaired) electrons. The Morgan fingerprint density at radius 2 is 1.09 bits per heavy atom. The lowest BCUT2D eigenvalue weighted by molar-refractivity contribution is -0.304. The zero-order valence-electron chi connectivity index (χ0n) is 10.1. The van der Waals surface area contributed by atoms with Gasteiger partial charge in [-0.05, 0) is 12.2 Å². The lowest BCUT2D eigenvalue weighted by atomic mass is 9.75. The number of primary amides is 2. The van der Waals surface area contributed by atoms with E-state index in [0.29, 0.717) is 0 Å². The lowest BCUT2D eigenvalue weighted by Crippen LogP contribution is -2.53. The van der Waals surface area contributed by atoms with Crippen molar-refractivity contribution in [3.8, 4) is 0 Å². The molecule has 4 nitrogen and oxygen atoms in total. The molecule has 1 rings (SSSR count). The van der Waals surface area contributed by atoms with Crippen LogP contribution in [0.15, 0.2) is 23.3 Å². The third-order valence-electron chi connectivity index (χ3n) is 2.89. The molecule has 0 heterocycles. The van der Waals surface area contributed by atoms with E-state index in [2.05, 4.69) is 11.5 Å². The minimum atomic E-state index is -6.18. The van der Waals surface area contributed by atoms with Crippen LogP contribution in [0.25, 0.3) is 0 Å². The zero-order valence-corrected chi connectivity index (χ0v) is 10.1. The summed E-state index contributed by atoms with van der Waals surface area (Å²) >= 11 is 0. The molecule has 12 heteroatoms. The van der Waals surface area contributed by atoms with E-state index in [0.717, 1.165) is 0 Å². The molecular weight excluding hydrogens is 332 g/mol. The summed E-state index contributed by atoms with van der Waals surface area (Å²) in [5.41, 5.74) is -0.808. The fourth-order valence-corrected chi connectivity index (χ4v) is 1.76. The van der Waals surface area contributed by atoms with Gasteiger partial charge in [-0.15, -0.1) is 0 Å². The fraction of sp³-hybridized carbons (Fsp3) is 0.400. The van der Waals surface area contributed by atoms with E-state index in [-0.39, 0.29) is 0 Å². The summed E-state index contributed by atoms with van der Waals surface area (Å²) in [6, 6.07) is 0. The average molecular weight is 338 g/mol. The van der Waals surface area contributed by atoms with Crippen LogP contribution in [-0.4, -0.2) is 30.1 Å². The van der Waals surface area contributed by atoms with Crippen molar-refractivity contribution in [2.24, 2.45) is 16.9 Å². The largest absolute Gasteiger partial charge is 0.410 e. The molecule has 124 valence electrons. The molecule has 0 aromatic heterocycles. The molecule has 0 fully saturated rings. The van der Waals surface area contributed by atoms with Crippen molar-refractivity contribution in [3.63, 3.8) is 0 Å². The molecular formula is C10H6F8N2O2. The van der Waals surface area contributed by atoms with Gasteiger partial charge in [0.1, 0.15) is 0 Å². The maximum Gasteiger partial charge on any atom is 0.410 e. The number of alkyl halides is 8. The molecule has 1 aliphatic rings. The summed E-state index contributed by atoms with van der Waals surface area (Å²) in [6.45, 7) is 0. The third kappa shape index (κ3) is 2.41. The number of halogens is 8. The van der Waals surface area contributed by atoms with Crippen molar-refractivity contribution in [1.29, 1.82) is 0 Å². The average Bonchev–Trinajstić information content (AvgIpc) is 2.23. The highest BCUT2D eigenvalue weighted by molar-refractivity contribution is 6.02. The van der Waals surface area contributed by atoms with Gasteiger partial charge in [-0.1, -0.05) is 0 Å². The Morgan fingerprint density at radius 1 is 0.818 bits per heavy atom. The lowest BCUT2D eigenvalue weighted by Gasteiger charge is -2.37. The first-order chi connectivity index (χ1) is 9.58. The molecule has 0 atom stereocenters. The van der Waals surface area contributed by atoms with Gasteiger partial charge in [0, 0.05) is 0 Å². The molecule has 0 aliphatic heterocycles. The van der Waals surface area contributed by atoms with Crippen molar-refractivity contribution in [3.05, 3.63) is 23.3 Å². The maximum atomic E-state index is 13.7. The molecule has 0 spiro atoms. The van der Waals surface area contributed by atoms with Crippen LogP contribution in [-0.2, 0) is 9.59 Å². The summed E-state index contributed by atoms with van der Waals surface area (Å²) in [4.78, 5) is 21.7. The number of rotatable bonds is 2. The van der Waals surface area contributed by atoms with Gasteiger partial charge in [0.25, 0.3) is 11.8 Å². The monoisotopic (exact) mass is 338 g/mol. The van der Waals surface area contributed by atoms with Crippen LogP contribution in [0.2, 0.25) is 0 Å². The van der Waals surface area contributed by atoms with Gasteiger partial charge >= 0.3 is 18.3 Å². The third-order valence-corrected chi connectivity index (χ3v) is 2.89. The molecule has 0 aromatic rings. The molecule has 0 bridgehead atoms. The van der Waals surface area contributed by atoms with Gasteiger partial charge in [0.05, 0.1) is 11.1 Å². The highest BCUT2D eigenvalue weighted by atomic mass is 19.4. The Morgan fingerprint density at radius 3 is 1.27 bits per heavy atom. The van der Waals surface area contributed by atoms with E-state index >= 15 is 0 Å². The maximum absolute atomic E-state index is 13.7. The molecule has 0 saturated carbocycles. The molecule has 0 saturated heterocycles. The van der Waals surface area contributed by atoms with Crippen LogP contribution < -0.4 is 11.5 Å². The van der Waals surface area contributed by atoms with Gasteiger partial charge in [-0.25, -0.2) is 0 Å². The first kappa shape index (κ1) is 17.9. The van der Waals surface area contributed by atoms with Crippen molar-refractivity contribution in [2.45, 2.75) is 18.3 Å². The molecule has 0 unspecified atom stereocenters. The van der Waals surface area contributed by atoms with Crippen LogP contribution in [0.4, 0.5) is 35.1 Å².